The third-order valence-electron chi connectivity index (χ3n) is 4.71. The molecule has 32 heavy (non-hydrogen) atoms. The highest BCUT2D eigenvalue weighted by molar-refractivity contribution is 6.42. The Hall–Kier alpha value is -2.57. The van der Waals surface area contributed by atoms with Gasteiger partial charge in [-0.2, -0.15) is 4.98 Å². The highest BCUT2D eigenvalue weighted by Crippen LogP contribution is 2.30. The van der Waals surface area contributed by atoms with Gasteiger partial charge in [-0.25, -0.2) is 4.68 Å². The van der Waals surface area contributed by atoms with E-state index in [9.17, 15) is 4.79 Å². The number of rotatable bonds is 10. The van der Waals surface area contributed by atoms with Gasteiger partial charge < -0.3 is 10.1 Å². The Balaban J connectivity index is 1.86. The number of anilines is 1. The second-order valence-electron chi connectivity index (χ2n) is 8.02. The number of hydrogen-bond donors (Lipinski definition) is 1. The number of hydrogen-bond acceptors (Lipinski definition) is 4. The molecule has 3 rings (SSSR count). The molecule has 6 nitrogen and oxygen atoms in total. The van der Waals surface area contributed by atoms with Crippen LogP contribution in [0.1, 0.15) is 46.5 Å². The average Bonchev–Trinajstić information content (AvgIpc) is 3.19. The van der Waals surface area contributed by atoms with Gasteiger partial charge in [0.2, 0.25) is 5.91 Å². The van der Waals surface area contributed by atoms with E-state index in [1.54, 1.807) is 16.8 Å². The highest BCUT2D eigenvalue weighted by Gasteiger charge is 2.16. The predicted octanol–water partition coefficient (Wildman–Crippen LogP) is 6.79. The van der Waals surface area contributed by atoms with Crippen molar-refractivity contribution in [3.05, 3.63) is 52.5 Å². The van der Waals surface area contributed by atoms with Crippen LogP contribution in [0.15, 0.2) is 42.5 Å². The zero-order valence-electron chi connectivity index (χ0n) is 18.6. The molecule has 0 saturated carbocycles. The first-order valence-electron chi connectivity index (χ1n) is 10.8. The Morgan fingerprint density at radius 3 is 2.50 bits per heavy atom. The maximum atomic E-state index is 12.1. The smallest absolute Gasteiger partial charge is 0.336 e. The fourth-order valence-electron chi connectivity index (χ4n) is 3.04. The molecule has 1 N–H and O–H groups in total. The SMILES string of the molecule is CCCCCC(=O)Nc1ccc(-n2nc(OCC(C)C)nc2-c2ccc(Cl)c(Cl)c2)cc1. The summed E-state index contributed by atoms with van der Waals surface area (Å²) in [6.07, 6.45) is 3.56. The molecule has 0 spiro atoms. The maximum Gasteiger partial charge on any atom is 0.336 e. The second kappa shape index (κ2) is 11.3. The lowest BCUT2D eigenvalue weighted by atomic mass is 10.2. The lowest BCUT2D eigenvalue weighted by Gasteiger charge is -2.09. The topological polar surface area (TPSA) is 69.0 Å². The van der Waals surface area contributed by atoms with Crippen LogP contribution in [0.5, 0.6) is 6.01 Å². The number of nitrogens with one attached hydrogen (secondary N) is 1. The Labute approximate surface area is 198 Å². The second-order valence-corrected chi connectivity index (χ2v) is 8.83. The first kappa shape index (κ1) is 24.1. The standard InChI is InChI=1S/C24H28Cl2N4O2/c1-4-5-6-7-22(31)27-18-9-11-19(12-10-18)30-23(17-8-13-20(25)21(26)14-17)28-24(29-30)32-15-16(2)3/h8-14,16H,4-7,15H2,1-3H3,(H,27,31). The van der Waals surface area contributed by atoms with E-state index >= 15 is 0 Å². The monoisotopic (exact) mass is 474 g/mol. The van der Waals surface area contributed by atoms with Crippen LogP contribution in [0.4, 0.5) is 5.69 Å². The van der Waals surface area contributed by atoms with Gasteiger partial charge in [-0.1, -0.05) is 56.8 Å². The first-order valence-corrected chi connectivity index (χ1v) is 11.6. The van der Waals surface area contributed by atoms with E-state index in [-0.39, 0.29) is 11.9 Å². The third kappa shape index (κ3) is 6.47. The van der Waals surface area contributed by atoms with Crippen molar-refractivity contribution in [1.82, 2.24) is 14.8 Å². The fraction of sp³-hybridized carbons (Fsp3) is 0.375. The Kier molecular flexibility index (Phi) is 8.53. The molecule has 0 bridgehead atoms. The van der Waals surface area contributed by atoms with Crippen LogP contribution in [-0.4, -0.2) is 27.3 Å². The average molecular weight is 475 g/mol. The molecule has 0 aliphatic heterocycles. The van der Waals surface area contributed by atoms with Gasteiger partial charge >= 0.3 is 6.01 Å². The van der Waals surface area contributed by atoms with Crippen molar-refractivity contribution < 1.29 is 9.53 Å². The molecule has 1 heterocycles. The number of halogens is 2. The van der Waals surface area contributed by atoms with Crippen molar-refractivity contribution in [3.8, 4) is 23.1 Å². The number of nitrogens with zero attached hydrogens (tertiary/aromatic N) is 3. The minimum atomic E-state index is 0.0211. The van der Waals surface area contributed by atoms with Crippen molar-refractivity contribution in [2.75, 3.05) is 11.9 Å². The van der Waals surface area contributed by atoms with E-state index < -0.39 is 0 Å². The summed E-state index contributed by atoms with van der Waals surface area (Å²) in [5, 5.41) is 8.38. The molecule has 1 aromatic heterocycles. The van der Waals surface area contributed by atoms with E-state index in [1.165, 1.54) is 0 Å². The first-order chi connectivity index (χ1) is 15.4. The molecule has 0 unspecified atom stereocenters. The van der Waals surface area contributed by atoms with Gasteiger partial charge in [0, 0.05) is 17.7 Å². The van der Waals surface area contributed by atoms with Gasteiger partial charge in [-0.15, -0.1) is 5.10 Å². The zero-order valence-corrected chi connectivity index (χ0v) is 20.1. The Morgan fingerprint density at radius 2 is 1.84 bits per heavy atom. The number of unbranched alkanes of at least 4 members (excludes halogenated alkanes) is 2. The molecule has 0 aliphatic rings. The summed E-state index contributed by atoms with van der Waals surface area (Å²) in [4.78, 5) is 16.7. The number of aromatic nitrogens is 3. The maximum absolute atomic E-state index is 12.1. The van der Waals surface area contributed by atoms with E-state index in [0.29, 0.717) is 34.8 Å². The Bertz CT molecular complexity index is 1050. The lowest BCUT2D eigenvalue weighted by Crippen LogP contribution is -2.11. The van der Waals surface area contributed by atoms with Gasteiger partial charge in [0.15, 0.2) is 5.82 Å². The predicted molar refractivity (Wildman–Crippen MR) is 130 cm³/mol. The molecule has 2 aromatic carbocycles. The van der Waals surface area contributed by atoms with Crippen LogP contribution in [0.2, 0.25) is 10.0 Å². The van der Waals surface area contributed by atoms with Crippen LogP contribution in [-0.2, 0) is 4.79 Å². The van der Waals surface area contributed by atoms with Crippen molar-refractivity contribution in [1.29, 1.82) is 0 Å². The molecule has 8 heteroatoms. The van der Waals surface area contributed by atoms with Gasteiger partial charge in [-0.05, 0) is 54.8 Å². The van der Waals surface area contributed by atoms with Crippen LogP contribution in [0.25, 0.3) is 17.1 Å². The van der Waals surface area contributed by atoms with E-state index in [1.807, 2.05) is 30.3 Å². The van der Waals surface area contributed by atoms with Crippen molar-refractivity contribution >= 4 is 34.8 Å². The number of benzene rings is 2. The molecule has 170 valence electrons. The Morgan fingerprint density at radius 1 is 1.09 bits per heavy atom. The normalized spacial score (nSPS) is 11.1. The summed E-state index contributed by atoms with van der Waals surface area (Å²) in [6.45, 7) is 6.75. The van der Waals surface area contributed by atoms with Crippen LogP contribution in [0.3, 0.4) is 0 Å². The minimum Gasteiger partial charge on any atom is -0.462 e. The summed E-state index contributed by atoms with van der Waals surface area (Å²) in [5.74, 6) is 0.946. The summed E-state index contributed by atoms with van der Waals surface area (Å²) in [7, 11) is 0. The summed E-state index contributed by atoms with van der Waals surface area (Å²) in [5.41, 5.74) is 2.28. The highest BCUT2D eigenvalue weighted by atomic mass is 35.5. The van der Waals surface area contributed by atoms with E-state index in [0.717, 1.165) is 36.2 Å². The third-order valence-corrected chi connectivity index (χ3v) is 5.45. The van der Waals surface area contributed by atoms with Gasteiger partial charge in [0.25, 0.3) is 0 Å². The fourth-order valence-corrected chi connectivity index (χ4v) is 3.34. The molecule has 0 fully saturated rings. The summed E-state index contributed by atoms with van der Waals surface area (Å²) < 4.78 is 7.45. The van der Waals surface area contributed by atoms with Gasteiger partial charge in [0.05, 0.1) is 22.3 Å². The number of amides is 1. The quantitative estimate of drug-likeness (QED) is 0.328. The minimum absolute atomic E-state index is 0.0211. The zero-order chi connectivity index (χ0) is 23.1. The lowest BCUT2D eigenvalue weighted by molar-refractivity contribution is -0.116. The van der Waals surface area contributed by atoms with Crippen molar-refractivity contribution in [3.63, 3.8) is 0 Å². The molecule has 0 saturated heterocycles. The van der Waals surface area contributed by atoms with Crippen molar-refractivity contribution in [2.24, 2.45) is 5.92 Å². The molecular weight excluding hydrogens is 447 g/mol. The molecule has 0 radical (unpaired) electrons. The molecule has 3 aromatic rings. The molecule has 0 aliphatic carbocycles. The van der Waals surface area contributed by atoms with E-state index in [4.69, 9.17) is 27.9 Å². The summed E-state index contributed by atoms with van der Waals surface area (Å²) >= 11 is 12.3. The van der Waals surface area contributed by atoms with Gasteiger partial charge in [-0.3, -0.25) is 4.79 Å². The molecular formula is C24H28Cl2N4O2. The van der Waals surface area contributed by atoms with Crippen LogP contribution in [0, 0.1) is 5.92 Å². The van der Waals surface area contributed by atoms with Crippen molar-refractivity contribution in [2.45, 2.75) is 46.5 Å². The van der Waals surface area contributed by atoms with Gasteiger partial charge in [0.1, 0.15) is 0 Å². The van der Waals surface area contributed by atoms with Crippen LogP contribution < -0.4 is 10.1 Å². The number of carbonyl (C=O) groups excluding carboxylic acids is 1. The number of ether oxygens (including phenoxy) is 1. The van der Waals surface area contributed by atoms with Crippen LogP contribution >= 0.6 is 23.2 Å². The van der Waals surface area contributed by atoms with E-state index in [2.05, 4.69) is 36.2 Å². The molecule has 1 amide bonds. The molecule has 0 atom stereocenters. The summed E-state index contributed by atoms with van der Waals surface area (Å²) in [6, 6.07) is 13.1. The number of carbonyl (C=O) groups is 1. The largest absolute Gasteiger partial charge is 0.462 e.